The van der Waals surface area contributed by atoms with Gasteiger partial charge in [0.1, 0.15) is 5.92 Å². The smallest absolute Gasteiger partial charge is 0.231 e. The molecule has 0 aromatic heterocycles. The van der Waals surface area contributed by atoms with Gasteiger partial charge in [-0.2, -0.15) is 0 Å². The van der Waals surface area contributed by atoms with Gasteiger partial charge in [0.05, 0.1) is 0 Å². The van der Waals surface area contributed by atoms with Crippen LogP contribution in [0.1, 0.15) is 0 Å². The molecular weight excluding hydrogens is 186 g/mol. The minimum absolute atomic E-state index is 0.272. The standard InChI is InChI=1S/C7H17N5O2/c8-1-2-12-3-4(9)5(6(10)13)7(11)14/h4-5,12H,1-3,8-9H2,(H2,10,13)(H2,11,14). The fourth-order valence-corrected chi connectivity index (χ4v) is 1.05. The molecule has 0 radical (unpaired) electrons. The Labute approximate surface area is 82.2 Å². The minimum atomic E-state index is -1.14. The second kappa shape index (κ2) is 6.30. The zero-order valence-corrected chi connectivity index (χ0v) is 7.90. The number of carbonyl (C=O) groups is 2. The molecular formula is C7H17N5O2. The van der Waals surface area contributed by atoms with Gasteiger partial charge >= 0.3 is 0 Å². The molecule has 0 aromatic carbocycles. The van der Waals surface area contributed by atoms with Crippen molar-refractivity contribution in [3.8, 4) is 0 Å². The summed E-state index contributed by atoms with van der Waals surface area (Å²) in [7, 11) is 0. The van der Waals surface area contributed by atoms with Crippen molar-refractivity contribution in [1.82, 2.24) is 5.32 Å². The number of rotatable bonds is 7. The predicted molar refractivity (Wildman–Crippen MR) is 51.8 cm³/mol. The molecule has 0 aliphatic rings. The number of nitrogens with one attached hydrogen (secondary N) is 1. The third-order valence-electron chi connectivity index (χ3n) is 1.74. The summed E-state index contributed by atoms with van der Waals surface area (Å²) >= 11 is 0. The normalized spacial score (nSPS) is 12.8. The van der Waals surface area contributed by atoms with Crippen molar-refractivity contribution in [3.63, 3.8) is 0 Å². The molecule has 0 spiro atoms. The van der Waals surface area contributed by atoms with Gasteiger partial charge in [0.15, 0.2) is 0 Å². The minimum Gasteiger partial charge on any atom is -0.369 e. The lowest BCUT2D eigenvalue weighted by Gasteiger charge is -2.18. The summed E-state index contributed by atoms with van der Waals surface area (Å²) in [5.74, 6) is -2.75. The molecule has 0 bridgehead atoms. The maximum atomic E-state index is 10.8. The van der Waals surface area contributed by atoms with Gasteiger partial charge in [-0.25, -0.2) is 0 Å². The second-order valence-corrected chi connectivity index (χ2v) is 2.94. The monoisotopic (exact) mass is 203 g/mol. The topological polar surface area (TPSA) is 150 Å². The van der Waals surface area contributed by atoms with Crippen molar-refractivity contribution < 1.29 is 9.59 Å². The van der Waals surface area contributed by atoms with Crippen LogP contribution in [0.2, 0.25) is 0 Å². The average Bonchev–Trinajstić information content (AvgIpc) is 2.03. The van der Waals surface area contributed by atoms with Crippen LogP contribution in [0.15, 0.2) is 0 Å². The first-order valence-corrected chi connectivity index (χ1v) is 4.25. The summed E-state index contributed by atoms with van der Waals surface area (Å²) in [5, 5.41) is 2.86. The van der Waals surface area contributed by atoms with Crippen molar-refractivity contribution in [2.24, 2.45) is 28.9 Å². The van der Waals surface area contributed by atoms with E-state index in [0.29, 0.717) is 13.1 Å². The Kier molecular flexibility index (Phi) is 5.77. The van der Waals surface area contributed by atoms with Crippen molar-refractivity contribution in [2.75, 3.05) is 19.6 Å². The van der Waals surface area contributed by atoms with Crippen LogP contribution in [0, 0.1) is 5.92 Å². The summed E-state index contributed by atoms with van der Waals surface area (Å²) in [5.41, 5.74) is 20.7. The molecule has 0 fully saturated rings. The number of nitrogens with two attached hydrogens (primary N) is 4. The van der Waals surface area contributed by atoms with E-state index in [2.05, 4.69) is 5.32 Å². The van der Waals surface area contributed by atoms with Gasteiger partial charge in [0.25, 0.3) is 0 Å². The van der Waals surface area contributed by atoms with E-state index >= 15 is 0 Å². The van der Waals surface area contributed by atoms with Gasteiger partial charge in [-0.05, 0) is 0 Å². The van der Waals surface area contributed by atoms with Gasteiger partial charge in [-0.15, -0.1) is 0 Å². The van der Waals surface area contributed by atoms with Crippen LogP contribution in [-0.4, -0.2) is 37.5 Å². The lowest BCUT2D eigenvalue weighted by molar-refractivity contribution is -0.132. The van der Waals surface area contributed by atoms with E-state index in [9.17, 15) is 9.59 Å². The summed E-state index contributed by atoms with van der Waals surface area (Å²) < 4.78 is 0. The number of primary amides is 2. The molecule has 2 amide bonds. The van der Waals surface area contributed by atoms with Crippen molar-refractivity contribution >= 4 is 11.8 Å². The van der Waals surface area contributed by atoms with E-state index in [4.69, 9.17) is 22.9 Å². The zero-order valence-electron chi connectivity index (χ0n) is 7.90. The number of hydrogen-bond donors (Lipinski definition) is 5. The molecule has 7 heteroatoms. The molecule has 9 N–H and O–H groups in total. The van der Waals surface area contributed by atoms with Gasteiger partial charge in [-0.1, -0.05) is 0 Å². The largest absolute Gasteiger partial charge is 0.369 e. The highest BCUT2D eigenvalue weighted by atomic mass is 16.2. The Hall–Kier alpha value is -1.18. The molecule has 0 heterocycles. The lowest BCUT2D eigenvalue weighted by Crippen LogP contribution is -2.51. The Morgan fingerprint density at radius 3 is 2.07 bits per heavy atom. The molecule has 0 saturated heterocycles. The van der Waals surface area contributed by atoms with Crippen LogP contribution in [-0.2, 0) is 9.59 Å². The van der Waals surface area contributed by atoms with E-state index < -0.39 is 23.8 Å². The summed E-state index contributed by atoms with van der Waals surface area (Å²) in [6, 6.07) is -0.712. The SMILES string of the molecule is NCCNCC(N)C(C(N)=O)C(N)=O. The first kappa shape index (κ1) is 12.8. The van der Waals surface area contributed by atoms with Crippen LogP contribution in [0.4, 0.5) is 0 Å². The molecule has 1 unspecified atom stereocenters. The summed E-state index contributed by atoms with van der Waals surface area (Å²) in [6.45, 7) is 1.27. The molecule has 0 saturated carbocycles. The first-order valence-electron chi connectivity index (χ1n) is 4.25. The predicted octanol–water partition coefficient (Wildman–Crippen LogP) is -3.55. The fourth-order valence-electron chi connectivity index (χ4n) is 1.05. The lowest BCUT2D eigenvalue weighted by atomic mass is 9.99. The van der Waals surface area contributed by atoms with E-state index in [0.717, 1.165) is 0 Å². The molecule has 1 atom stereocenters. The van der Waals surface area contributed by atoms with Crippen molar-refractivity contribution in [2.45, 2.75) is 6.04 Å². The van der Waals surface area contributed by atoms with Gasteiger partial charge in [-0.3, -0.25) is 9.59 Å². The molecule has 0 rings (SSSR count). The summed E-state index contributed by atoms with van der Waals surface area (Å²) in [6.07, 6.45) is 0. The molecule has 0 aromatic rings. The highest BCUT2D eigenvalue weighted by Gasteiger charge is 2.28. The maximum Gasteiger partial charge on any atom is 0.231 e. The third-order valence-corrected chi connectivity index (χ3v) is 1.74. The van der Waals surface area contributed by atoms with Crippen LogP contribution < -0.4 is 28.3 Å². The van der Waals surface area contributed by atoms with E-state index in [-0.39, 0.29) is 6.54 Å². The first-order chi connectivity index (χ1) is 6.50. The Morgan fingerprint density at radius 2 is 1.71 bits per heavy atom. The Balaban J connectivity index is 4.09. The molecule has 0 aliphatic heterocycles. The van der Waals surface area contributed by atoms with Gasteiger partial charge in [0.2, 0.25) is 11.8 Å². The highest BCUT2D eigenvalue weighted by molar-refractivity contribution is 5.99. The van der Waals surface area contributed by atoms with Crippen LogP contribution in [0.3, 0.4) is 0 Å². The third kappa shape index (κ3) is 4.17. The second-order valence-electron chi connectivity index (χ2n) is 2.94. The molecule has 7 nitrogen and oxygen atoms in total. The molecule has 14 heavy (non-hydrogen) atoms. The summed E-state index contributed by atoms with van der Waals surface area (Å²) in [4.78, 5) is 21.6. The van der Waals surface area contributed by atoms with E-state index in [1.165, 1.54) is 0 Å². The average molecular weight is 203 g/mol. The fraction of sp³-hybridized carbons (Fsp3) is 0.714. The van der Waals surface area contributed by atoms with Crippen molar-refractivity contribution in [3.05, 3.63) is 0 Å². The zero-order chi connectivity index (χ0) is 11.1. The van der Waals surface area contributed by atoms with Crippen molar-refractivity contribution in [1.29, 1.82) is 0 Å². The Morgan fingerprint density at radius 1 is 1.21 bits per heavy atom. The molecule has 82 valence electrons. The quantitative estimate of drug-likeness (QED) is 0.214. The van der Waals surface area contributed by atoms with Gasteiger partial charge in [0, 0.05) is 25.7 Å². The van der Waals surface area contributed by atoms with Crippen LogP contribution in [0.25, 0.3) is 0 Å². The van der Waals surface area contributed by atoms with Gasteiger partial charge < -0.3 is 28.3 Å². The number of amides is 2. The number of carbonyl (C=O) groups excluding carboxylic acids is 2. The van der Waals surface area contributed by atoms with Crippen LogP contribution in [0.5, 0.6) is 0 Å². The van der Waals surface area contributed by atoms with E-state index in [1.807, 2.05) is 0 Å². The van der Waals surface area contributed by atoms with E-state index in [1.54, 1.807) is 0 Å². The van der Waals surface area contributed by atoms with Crippen LogP contribution >= 0.6 is 0 Å². The molecule has 0 aliphatic carbocycles. The highest BCUT2D eigenvalue weighted by Crippen LogP contribution is 1.98. The number of hydrogen-bond acceptors (Lipinski definition) is 5. The Bertz CT molecular complexity index is 194. The maximum absolute atomic E-state index is 10.8.